The largest absolute Gasteiger partial charge is 0.309 e. The maximum atomic E-state index is 2.49. The zero-order chi connectivity index (χ0) is 37.5. The average Bonchev–Trinajstić information content (AvgIpc) is 3.92. The van der Waals surface area contributed by atoms with Gasteiger partial charge in [-0.15, -0.1) is 0 Å². The number of fused-ring (bicyclic) bond motifs is 9. The van der Waals surface area contributed by atoms with E-state index >= 15 is 0 Å². The van der Waals surface area contributed by atoms with E-state index in [0.29, 0.717) is 0 Å². The second kappa shape index (κ2) is 12.5. The molecule has 0 amide bonds. The fourth-order valence-corrected chi connectivity index (χ4v) is 9.31. The Labute approximate surface area is 329 Å². The Morgan fingerprint density at radius 2 is 0.632 bits per heavy atom. The van der Waals surface area contributed by atoms with Gasteiger partial charge in [0, 0.05) is 43.7 Å². The summed E-state index contributed by atoms with van der Waals surface area (Å²) in [7, 11) is 0. The molecule has 0 saturated carbocycles. The predicted octanol–water partition coefficient (Wildman–Crippen LogP) is 14.3. The zero-order valence-corrected chi connectivity index (χ0v) is 31.0. The number of rotatable bonds is 5. The van der Waals surface area contributed by atoms with Gasteiger partial charge < -0.3 is 13.7 Å². The first kappa shape index (κ1) is 31.7. The van der Waals surface area contributed by atoms with Crippen molar-refractivity contribution in [3.8, 4) is 39.3 Å². The van der Waals surface area contributed by atoms with Crippen LogP contribution in [0.3, 0.4) is 0 Å². The van der Waals surface area contributed by atoms with Crippen molar-refractivity contribution in [3.63, 3.8) is 0 Å². The lowest BCUT2D eigenvalue weighted by molar-refractivity contribution is 1.13. The third kappa shape index (κ3) is 4.79. The van der Waals surface area contributed by atoms with E-state index in [0.717, 1.165) is 11.4 Å². The molecule has 266 valence electrons. The van der Waals surface area contributed by atoms with Crippen molar-refractivity contribution in [1.82, 2.24) is 13.7 Å². The van der Waals surface area contributed by atoms with Gasteiger partial charge in [0.1, 0.15) is 0 Å². The molecule has 3 heteroatoms. The summed E-state index contributed by atoms with van der Waals surface area (Å²) in [5.41, 5.74) is 15.5. The summed E-state index contributed by atoms with van der Waals surface area (Å²) in [6.45, 7) is 0. The first-order valence-electron chi connectivity index (χ1n) is 19.6. The van der Waals surface area contributed by atoms with Crippen molar-refractivity contribution in [2.45, 2.75) is 0 Å². The van der Waals surface area contributed by atoms with E-state index in [1.807, 2.05) is 0 Å². The van der Waals surface area contributed by atoms with Gasteiger partial charge in [-0.25, -0.2) is 0 Å². The lowest BCUT2D eigenvalue weighted by Gasteiger charge is -2.14. The van der Waals surface area contributed by atoms with E-state index in [1.165, 1.54) is 93.4 Å². The third-order valence-corrected chi connectivity index (χ3v) is 11.8. The molecule has 0 aliphatic rings. The number of benzene rings is 9. The van der Waals surface area contributed by atoms with Crippen LogP contribution in [-0.4, -0.2) is 13.7 Å². The van der Waals surface area contributed by atoms with Crippen molar-refractivity contribution in [2.24, 2.45) is 0 Å². The van der Waals surface area contributed by atoms with Crippen LogP contribution in [0.2, 0.25) is 0 Å². The fourth-order valence-electron chi connectivity index (χ4n) is 9.31. The molecule has 12 rings (SSSR count). The summed E-state index contributed by atoms with van der Waals surface area (Å²) in [6.07, 6.45) is 0. The van der Waals surface area contributed by atoms with Gasteiger partial charge in [-0.2, -0.15) is 0 Å². The summed E-state index contributed by atoms with van der Waals surface area (Å²) in [4.78, 5) is 0. The number of hydrogen-bond donors (Lipinski definition) is 0. The summed E-state index contributed by atoms with van der Waals surface area (Å²) in [5, 5.41) is 7.45. The minimum absolute atomic E-state index is 1.15. The highest BCUT2D eigenvalue weighted by Gasteiger charge is 2.21. The van der Waals surface area contributed by atoms with Gasteiger partial charge in [-0.05, 0) is 101 Å². The molecule has 0 aliphatic carbocycles. The van der Waals surface area contributed by atoms with E-state index in [2.05, 4.69) is 226 Å². The van der Waals surface area contributed by atoms with Crippen molar-refractivity contribution in [2.75, 3.05) is 0 Å². The standard InChI is InChI=1S/C54H35N3/c1-4-15-36(16-5-1)37-27-31-51-46(33-37)47-35-39(38-28-30-50-45(34-38)43-22-11-12-24-48(43)55(50)40-17-6-2-7-18-40)29-32-52(47)57(51)53-26-14-23-44-42-21-10-13-25-49(42)56(54(44)53)41-19-8-3-9-20-41/h1-35H. The van der Waals surface area contributed by atoms with Crippen LogP contribution in [0, 0.1) is 0 Å². The summed E-state index contributed by atoms with van der Waals surface area (Å²) in [6, 6.07) is 77.5. The Balaban J connectivity index is 1.13. The van der Waals surface area contributed by atoms with Gasteiger partial charge in [0.15, 0.2) is 0 Å². The van der Waals surface area contributed by atoms with Crippen LogP contribution in [-0.2, 0) is 0 Å². The molecule has 3 aromatic heterocycles. The Hall–Kier alpha value is -7.62. The fraction of sp³-hybridized carbons (Fsp3) is 0. The van der Waals surface area contributed by atoms with Crippen LogP contribution in [0.15, 0.2) is 212 Å². The maximum Gasteiger partial charge on any atom is 0.0782 e. The molecule has 0 spiro atoms. The average molecular weight is 726 g/mol. The summed E-state index contributed by atoms with van der Waals surface area (Å²) >= 11 is 0. The maximum absolute atomic E-state index is 2.49. The SMILES string of the molecule is c1ccc(-c2ccc3c(c2)c2cc(-c4ccc5c(c4)c4ccccc4n5-c4ccccc4)ccc2n3-c2cccc3c4ccccc4n(-c4ccccc4)c23)cc1. The van der Waals surface area contributed by atoms with E-state index < -0.39 is 0 Å². The molecule has 0 saturated heterocycles. The Morgan fingerprint density at radius 3 is 1.23 bits per heavy atom. The topological polar surface area (TPSA) is 14.8 Å². The minimum atomic E-state index is 1.15. The lowest BCUT2D eigenvalue weighted by Crippen LogP contribution is -2.00. The molecule has 12 aromatic rings. The van der Waals surface area contributed by atoms with Crippen LogP contribution in [0.4, 0.5) is 0 Å². The summed E-state index contributed by atoms with van der Waals surface area (Å²) < 4.78 is 7.30. The Bertz CT molecular complexity index is 3500. The number of para-hydroxylation sites is 5. The second-order valence-electron chi connectivity index (χ2n) is 14.9. The molecule has 0 aliphatic heterocycles. The van der Waals surface area contributed by atoms with E-state index in [4.69, 9.17) is 0 Å². The van der Waals surface area contributed by atoms with Crippen LogP contribution < -0.4 is 0 Å². The first-order chi connectivity index (χ1) is 28.3. The molecule has 0 unspecified atom stereocenters. The number of nitrogens with zero attached hydrogens (tertiary/aromatic N) is 3. The molecule has 0 bridgehead atoms. The first-order valence-corrected chi connectivity index (χ1v) is 19.6. The zero-order valence-electron chi connectivity index (χ0n) is 31.0. The van der Waals surface area contributed by atoms with Gasteiger partial charge in [-0.1, -0.05) is 133 Å². The quantitative estimate of drug-likeness (QED) is 0.168. The highest BCUT2D eigenvalue weighted by Crippen LogP contribution is 2.42. The van der Waals surface area contributed by atoms with Gasteiger partial charge in [-0.3, -0.25) is 0 Å². The number of aromatic nitrogens is 3. The van der Waals surface area contributed by atoms with Gasteiger partial charge in [0.05, 0.1) is 38.8 Å². The van der Waals surface area contributed by atoms with E-state index in [9.17, 15) is 0 Å². The van der Waals surface area contributed by atoms with E-state index in [-0.39, 0.29) is 0 Å². The molecule has 0 fully saturated rings. The van der Waals surface area contributed by atoms with Crippen molar-refractivity contribution < 1.29 is 0 Å². The highest BCUT2D eigenvalue weighted by atomic mass is 15.1. The van der Waals surface area contributed by atoms with E-state index in [1.54, 1.807) is 0 Å². The molecule has 3 nitrogen and oxygen atoms in total. The molecule has 9 aromatic carbocycles. The lowest BCUT2D eigenvalue weighted by atomic mass is 9.99. The second-order valence-corrected chi connectivity index (χ2v) is 14.9. The Kier molecular flexibility index (Phi) is 6.93. The van der Waals surface area contributed by atoms with Crippen LogP contribution in [0.5, 0.6) is 0 Å². The van der Waals surface area contributed by atoms with Gasteiger partial charge in [0.25, 0.3) is 0 Å². The highest BCUT2D eigenvalue weighted by molar-refractivity contribution is 6.16. The monoisotopic (exact) mass is 725 g/mol. The molecule has 0 atom stereocenters. The summed E-state index contributed by atoms with van der Waals surface area (Å²) in [5.74, 6) is 0. The van der Waals surface area contributed by atoms with Crippen LogP contribution in [0.1, 0.15) is 0 Å². The molecule has 0 N–H and O–H groups in total. The Morgan fingerprint density at radius 1 is 0.228 bits per heavy atom. The van der Waals surface area contributed by atoms with Crippen molar-refractivity contribution in [1.29, 1.82) is 0 Å². The smallest absolute Gasteiger partial charge is 0.0782 e. The van der Waals surface area contributed by atoms with Gasteiger partial charge in [0.2, 0.25) is 0 Å². The molecule has 57 heavy (non-hydrogen) atoms. The van der Waals surface area contributed by atoms with Gasteiger partial charge >= 0.3 is 0 Å². The predicted molar refractivity (Wildman–Crippen MR) is 240 cm³/mol. The minimum Gasteiger partial charge on any atom is -0.309 e. The van der Waals surface area contributed by atoms with Crippen molar-refractivity contribution in [3.05, 3.63) is 212 Å². The normalized spacial score (nSPS) is 11.9. The van der Waals surface area contributed by atoms with Crippen LogP contribution in [0.25, 0.3) is 105 Å². The third-order valence-electron chi connectivity index (χ3n) is 11.8. The molecule has 3 heterocycles. The molecular weight excluding hydrogens is 691 g/mol. The number of hydrogen-bond acceptors (Lipinski definition) is 0. The molecule has 0 radical (unpaired) electrons. The van der Waals surface area contributed by atoms with Crippen molar-refractivity contribution >= 4 is 65.4 Å². The molecular formula is C54H35N3. The van der Waals surface area contributed by atoms with Crippen LogP contribution >= 0.6 is 0 Å².